The van der Waals surface area contributed by atoms with E-state index in [4.69, 9.17) is 5.84 Å². The van der Waals surface area contributed by atoms with Crippen molar-refractivity contribution in [1.82, 2.24) is 5.43 Å². The summed E-state index contributed by atoms with van der Waals surface area (Å²) >= 11 is 0. The lowest BCUT2D eigenvalue weighted by Gasteiger charge is -2.16. The molecule has 1 aliphatic heterocycles. The number of hydrogen-bond donors (Lipinski definition) is 2. The number of benzene rings is 1. The summed E-state index contributed by atoms with van der Waals surface area (Å²) in [5.41, 5.74) is 2.07. The Morgan fingerprint density at radius 1 is 1.32 bits per heavy atom. The molecule has 1 amide bonds. The van der Waals surface area contributed by atoms with Gasteiger partial charge < -0.3 is 0 Å². The van der Waals surface area contributed by atoms with Gasteiger partial charge in [-0.05, 0) is 23.8 Å². The van der Waals surface area contributed by atoms with Crippen molar-refractivity contribution in [3.05, 3.63) is 34.5 Å². The van der Waals surface area contributed by atoms with Crippen molar-refractivity contribution in [2.24, 2.45) is 5.84 Å². The van der Waals surface area contributed by atoms with Gasteiger partial charge in [-0.25, -0.2) is 23.4 Å². The summed E-state index contributed by atoms with van der Waals surface area (Å²) in [6, 6.07) is 3.29. The second-order valence-corrected chi connectivity index (χ2v) is 6.17. The van der Waals surface area contributed by atoms with E-state index in [-0.39, 0.29) is 16.1 Å². The van der Waals surface area contributed by atoms with E-state index in [2.05, 4.69) is 0 Å². The monoisotopic (exact) mass is 334 g/mol. The zero-order valence-electron chi connectivity index (χ0n) is 10.9. The highest BCUT2D eigenvalue weighted by Gasteiger charge is 2.33. The van der Waals surface area contributed by atoms with Crippen LogP contribution in [0.15, 0.2) is 28.0 Å². The molecule has 0 fully saturated rings. The topological polar surface area (TPSA) is 72.2 Å². The van der Waals surface area contributed by atoms with Crippen molar-refractivity contribution in [3.63, 3.8) is 0 Å². The van der Waals surface area contributed by atoms with E-state index in [9.17, 15) is 27.2 Å². The van der Waals surface area contributed by atoms with E-state index >= 15 is 0 Å². The largest absolute Gasteiger partial charge is 0.300 e. The number of amides is 1. The van der Waals surface area contributed by atoms with Gasteiger partial charge in [0.1, 0.15) is 5.82 Å². The molecule has 2 atom stereocenters. The third kappa shape index (κ3) is 2.81. The standard InChI is InChI=1S/C13H10F4N2O2S/c14-7-2-1-6-3-10(13(21)19-18)22(9(6)4-7)11(12(16)17)8(15)5-20/h1-5,8,12H,18H2,(H,19,21). The van der Waals surface area contributed by atoms with Crippen molar-refractivity contribution in [2.45, 2.75) is 17.5 Å². The molecule has 2 rings (SSSR count). The Bertz CT molecular complexity index is 703. The van der Waals surface area contributed by atoms with Gasteiger partial charge in [0.25, 0.3) is 12.3 Å². The summed E-state index contributed by atoms with van der Waals surface area (Å²) in [7, 11) is -1.89. The van der Waals surface area contributed by atoms with Crippen molar-refractivity contribution in [1.29, 1.82) is 0 Å². The number of aldehydes is 1. The molecule has 1 aromatic carbocycles. The SMILES string of the molecule is NNC(=O)C1=Cc2ccc(F)cc2S1=C(C(F)F)C(F)C=O. The first kappa shape index (κ1) is 16.4. The van der Waals surface area contributed by atoms with Crippen LogP contribution in [0, 0.1) is 5.82 Å². The maximum atomic E-state index is 13.7. The smallest absolute Gasteiger partial charge is 0.271 e. The minimum absolute atomic E-state index is 0.0124. The summed E-state index contributed by atoms with van der Waals surface area (Å²) in [5.74, 6) is 3.36. The maximum absolute atomic E-state index is 13.7. The first-order chi connectivity index (χ1) is 10.4. The Labute approximate surface area is 124 Å². The molecule has 4 nitrogen and oxygen atoms in total. The number of nitrogens with two attached hydrogens (primary N) is 1. The van der Waals surface area contributed by atoms with E-state index in [1.54, 1.807) is 5.43 Å². The van der Waals surface area contributed by atoms with E-state index in [1.807, 2.05) is 0 Å². The number of rotatable bonds is 4. The molecule has 0 radical (unpaired) electrons. The lowest BCUT2D eigenvalue weighted by Crippen LogP contribution is -2.32. The van der Waals surface area contributed by atoms with Crippen LogP contribution in [0.1, 0.15) is 5.56 Å². The molecule has 2 unspecified atom stereocenters. The normalized spacial score (nSPS) is 18.5. The molecular weight excluding hydrogens is 324 g/mol. The molecule has 0 aromatic heterocycles. The molecule has 1 aromatic rings. The summed E-state index contributed by atoms with van der Waals surface area (Å²) in [5, 5.41) is 0. The highest BCUT2D eigenvalue weighted by molar-refractivity contribution is 8.20. The summed E-state index contributed by atoms with van der Waals surface area (Å²) in [6.07, 6.45) is -4.94. The molecule has 1 aliphatic rings. The number of halogens is 4. The predicted octanol–water partition coefficient (Wildman–Crippen LogP) is 1.77. The molecule has 0 saturated carbocycles. The number of hydrazine groups is 1. The molecular formula is C13H10F4N2O2S. The highest BCUT2D eigenvalue weighted by Crippen LogP contribution is 2.47. The Morgan fingerprint density at radius 2 is 2.00 bits per heavy atom. The zero-order chi connectivity index (χ0) is 16.4. The second-order valence-electron chi connectivity index (χ2n) is 4.21. The number of fused-ring (bicyclic) bond motifs is 1. The molecule has 0 saturated heterocycles. The minimum Gasteiger partial charge on any atom is -0.300 e. The Balaban J connectivity index is 2.78. The van der Waals surface area contributed by atoms with Crippen LogP contribution >= 0.6 is 10.5 Å². The molecule has 3 N–H and O–H groups in total. The fraction of sp³-hybridized carbons (Fsp3) is 0.154. The van der Waals surface area contributed by atoms with Crippen LogP contribution in [-0.4, -0.2) is 29.7 Å². The predicted molar refractivity (Wildman–Crippen MR) is 74.5 cm³/mol. The van der Waals surface area contributed by atoms with Crippen LogP contribution < -0.4 is 11.3 Å². The number of hydrogen-bond acceptors (Lipinski definition) is 3. The molecule has 22 heavy (non-hydrogen) atoms. The lowest BCUT2D eigenvalue weighted by atomic mass is 10.2. The minimum atomic E-state index is -3.30. The van der Waals surface area contributed by atoms with Gasteiger partial charge in [-0.3, -0.25) is 15.0 Å². The van der Waals surface area contributed by atoms with Crippen LogP contribution in [-0.2, 0) is 9.59 Å². The van der Waals surface area contributed by atoms with Crippen LogP contribution in [0.4, 0.5) is 17.6 Å². The number of nitrogens with one attached hydrogen (secondary N) is 1. The van der Waals surface area contributed by atoms with Gasteiger partial charge in [-0.2, -0.15) is 0 Å². The van der Waals surface area contributed by atoms with E-state index < -0.39 is 39.7 Å². The Kier molecular flexibility index (Phi) is 4.77. The third-order valence-corrected chi connectivity index (χ3v) is 5.31. The Morgan fingerprint density at radius 3 is 2.55 bits per heavy atom. The van der Waals surface area contributed by atoms with Gasteiger partial charge in [-0.1, -0.05) is 6.07 Å². The van der Waals surface area contributed by atoms with Crippen LogP contribution in [0.5, 0.6) is 0 Å². The fourth-order valence-electron chi connectivity index (χ4n) is 2.00. The second kappa shape index (κ2) is 6.41. The quantitative estimate of drug-likeness (QED) is 0.220. The molecule has 0 aliphatic carbocycles. The first-order valence-electron chi connectivity index (χ1n) is 5.91. The molecule has 118 valence electrons. The van der Waals surface area contributed by atoms with Gasteiger partial charge >= 0.3 is 0 Å². The Hall–Kier alpha value is -2.00. The maximum Gasteiger partial charge on any atom is 0.271 e. The lowest BCUT2D eigenvalue weighted by molar-refractivity contribution is -0.116. The van der Waals surface area contributed by atoms with Crippen molar-refractivity contribution >= 4 is 33.6 Å². The van der Waals surface area contributed by atoms with Crippen molar-refractivity contribution in [3.8, 4) is 0 Å². The van der Waals surface area contributed by atoms with Gasteiger partial charge in [0.05, 0.1) is 9.77 Å². The first-order valence-corrected chi connectivity index (χ1v) is 7.14. The van der Waals surface area contributed by atoms with E-state index in [0.717, 1.165) is 12.1 Å². The van der Waals surface area contributed by atoms with Gasteiger partial charge in [0.15, 0.2) is 12.5 Å². The average Bonchev–Trinajstić information content (AvgIpc) is 2.84. The van der Waals surface area contributed by atoms with Crippen LogP contribution in [0.3, 0.4) is 0 Å². The fourth-order valence-corrected chi connectivity index (χ4v) is 4.28. The third-order valence-electron chi connectivity index (χ3n) is 2.90. The summed E-state index contributed by atoms with van der Waals surface area (Å²) in [6.45, 7) is 0. The number of carbonyl (C=O) groups is 2. The van der Waals surface area contributed by atoms with Gasteiger partial charge in [-0.15, -0.1) is 10.5 Å². The van der Waals surface area contributed by atoms with Crippen LogP contribution in [0.2, 0.25) is 0 Å². The summed E-state index contributed by atoms with van der Waals surface area (Å²) < 4.78 is 53.5. The van der Waals surface area contributed by atoms with Crippen molar-refractivity contribution in [2.75, 3.05) is 0 Å². The molecule has 1 heterocycles. The molecule has 9 heteroatoms. The van der Waals surface area contributed by atoms with Gasteiger partial charge in [0.2, 0.25) is 0 Å². The number of alkyl halides is 3. The van der Waals surface area contributed by atoms with Gasteiger partial charge in [0, 0.05) is 4.90 Å². The van der Waals surface area contributed by atoms with Crippen molar-refractivity contribution < 1.29 is 27.2 Å². The highest BCUT2D eigenvalue weighted by atomic mass is 32.2. The van der Waals surface area contributed by atoms with E-state index in [0.29, 0.717) is 5.56 Å². The van der Waals surface area contributed by atoms with Crippen LogP contribution in [0.25, 0.3) is 6.08 Å². The molecule has 0 bridgehead atoms. The summed E-state index contributed by atoms with van der Waals surface area (Å²) in [4.78, 5) is 21.0. The number of carbonyl (C=O) groups excluding carboxylic acids is 2. The average molecular weight is 334 g/mol. The van der Waals surface area contributed by atoms with E-state index in [1.165, 1.54) is 12.1 Å². The molecule has 0 spiro atoms. The zero-order valence-corrected chi connectivity index (χ0v) is 11.7.